The van der Waals surface area contributed by atoms with E-state index in [1.807, 2.05) is 0 Å². The molecular weight excluding hydrogens is 208 g/mol. The lowest BCUT2D eigenvalue weighted by atomic mass is 9.99. The van der Waals surface area contributed by atoms with Crippen molar-refractivity contribution >= 4 is 11.8 Å². The molecule has 1 aliphatic rings. The van der Waals surface area contributed by atoms with E-state index in [2.05, 4.69) is 12.2 Å². The molecule has 92 valence electrons. The van der Waals surface area contributed by atoms with Crippen LogP contribution in [0.15, 0.2) is 0 Å². The highest BCUT2D eigenvalue weighted by atomic mass is 16.3. The fourth-order valence-electron chi connectivity index (χ4n) is 2.04. The van der Waals surface area contributed by atoms with Gasteiger partial charge in [-0.15, -0.1) is 0 Å². The predicted molar refractivity (Wildman–Crippen MR) is 59.7 cm³/mol. The number of carbonyl (C=O) groups is 2. The number of amides is 2. The number of piperidine rings is 1. The third-order valence-electron chi connectivity index (χ3n) is 2.83. The summed E-state index contributed by atoms with van der Waals surface area (Å²) >= 11 is 0. The van der Waals surface area contributed by atoms with E-state index in [0.717, 1.165) is 25.9 Å². The Labute approximate surface area is 95.8 Å². The molecule has 16 heavy (non-hydrogen) atoms. The summed E-state index contributed by atoms with van der Waals surface area (Å²) in [4.78, 5) is 24.6. The molecule has 2 atom stereocenters. The van der Waals surface area contributed by atoms with Gasteiger partial charge in [-0.1, -0.05) is 6.92 Å². The molecule has 5 heteroatoms. The average Bonchev–Trinajstić information content (AvgIpc) is 2.24. The summed E-state index contributed by atoms with van der Waals surface area (Å²) in [5, 5.41) is 11.5. The number of hydrogen-bond acceptors (Lipinski definition) is 3. The second kappa shape index (κ2) is 5.84. The van der Waals surface area contributed by atoms with Crippen molar-refractivity contribution in [2.45, 2.75) is 32.7 Å². The average molecular weight is 228 g/mol. The molecule has 1 heterocycles. The Morgan fingerprint density at radius 1 is 1.56 bits per heavy atom. The van der Waals surface area contributed by atoms with Crippen molar-refractivity contribution in [3.8, 4) is 0 Å². The van der Waals surface area contributed by atoms with Crippen molar-refractivity contribution in [3.05, 3.63) is 0 Å². The minimum atomic E-state index is -0.789. The summed E-state index contributed by atoms with van der Waals surface area (Å²) in [6.45, 7) is 4.54. The van der Waals surface area contributed by atoms with Crippen LogP contribution < -0.4 is 5.32 Å². The van der Waals surface area contributed by atoms with Gasteiger partial charge < -0.3 is 15.3 Å². The Hall–Kier alpha value is -1.10. The van der Waals surface area contributed by atoms with Crippen LogP contribution in [0.4, 0.5) is 0 Å². The Morgan fingerprint density at radius 2 is 2.25 bits per heavy atom. The van der Waals surface area contributed by atoms with Crippen molar-refractivity contribution in [1.82, 2.24) is 10.2 Å². The van der Waals surface area contributed by atoms with Gasteiger partial charge in [0.2, 0.25) is 11.8 Å². The predicted octanol–water partition coefficient (Wildman–Crippen LogP) is -0.258. The third-order valence-corrected chi connectivity index (χ3v) is 2.83. The van der Waals surface area contributed by atoms with Crippen LogP contribution in [-0.4, -0.2) is 47.6 Å². The largest absolute Gasteiger partial charge is 0.394 e. The maximum Gasteiger partial charge on any atom is 0.247 e. The van der Waals surface area contributed by atoms with Crippen LogP contribution in [0.2, 0.25) is 0 Å². The second-order valence-electron chi connectivity index (χ2n) is 4.47. The van der Waals surface area contributed by atoms with E-state index in [0.29, 0.717) is 5.92 Å². The molecule has 0 aromatic heterocycles. The molecule has 5 nitrogen and oxygen atoms in total. The van der Waals surface area contributed by atoms with E-state index < -0.39 is 6.04 Å². The van der Waals surface area contributed by atoms with Crippen LogP contribution in [0, 0.1) is 5.92 Å². The number of hydrogen-bond donors (Lipinski definition) is 2. The minimum Gasteiger partial charge on any atom is -0.394 e. The molecule has 0 saturated carbocycles. The molecule has 0 aromatic carbocycles. The third kappa shape index (κ3) is 3.48. The summed E-state index contributed by atoms with van der Waals surface area (Å²) in [7, 11) is 0. The Morgan fingerprint density at radius 3 is 2.75 bits per heavy atom. The zero-order chi connectivity index (χ0) is 12.1. The van der Waals surface area contributed by atoms with E-state index in [1.54, 1.807) is 4.90 Å². The van der Waals surface area contributed by atoms with Crippen LogP contribution in [0.1, 0.15) is 26.7 Å². The van der Waals surface area contributed by atoms with Crippen LogP contribution in [-0.2, 0) is 9.59 Å². The lowest BCUT2D eigenvalue weighted by Crippen LogP contribution is -2.52. The molecule has 0 spiro atoms. The normalized spacial score (nSPS) is 22.7. The number of nitrogens with one attached hydrogen (secondary N) is 1. The van der Waals surface area contributed by atoms with Gasteiger partial charge in [0.05, 0.1) is 6.61 Å². The van der Waals surface area contributed by atoms with E-state index in [9.17, 15) is 9.59 Å². The smallest absolute Gasteiger partial charge is 0.247 e. The van der Waals surface area contributed by atoms with Crippen LogP contribution >= 0.6 is 0 Å². The molecule has 0 aromatic rings. The Kier molecular flexibility index (Phi) is 4.73. The van der Waals surface area contributed by atoms with Crippen molar-refractivity contribution in [3.63, 3.8) is 0 Å². The summed E-state index contributed by atoms with van der Waals surface area (Å²) in [6, 6.07) is -0.789. The number of carbonyl (C=O) groups excluding carboxylic acids is 2. The molecule has 2 unspecified atom stereocenters. The van der Waals surface area contributed by atoms with Crippen LogP contribution in [0.5, 0.6) is 0 Å². The van der Waals surface area contributed by atoms with E-state index >= 15 is 0 Å². The van der Waals surface area contributed by atoms with Crippen molar-refractivity contribution in [1.29, 1.82) is 0 Å². The molecular formula is C11H20N2O3. The second-order valence-corrected chi connectivity index (χ2v) is 4.47. The molecule has 2 N–H and O–H groups in total. The van der Waals surface area contributed by atoms with Crippen LogP contribution in [0.25, 0.3) is 0 Å². The topological polar surface area (TPSA) is 69.6 Å². The molecule has 1 aliphatic heterocycles. The number of aliphatic hydroxyl groups excluding tert-OH is 1. The summed E-state index contributed by atoms with van der Waals surface area (Å²) in [5.41, 5.74) is 0. The Bertz CT molecular complexity index is 268. The molecule has 0 radical (unpaired) electrons. The van der Waals surface area contributed by atoms with Gasteiger partial charge in [-0.05, 0) is 18.8 Å². The number of aliphatic hydroxyl groups is 1. The summed E-state index contributed by atoms with van der Waals surface area (Å²) in [6.07, 6.45) is 2.12. The highest BCUT2D eigenvalue weighted by molar-refractivity contribution is 5.87. The summed E-state index contributed by atoms with van der Waals surface area (Å²) < 4.78 is 0. The first-order valence-corrected chi connectivity index (χ1v) is 5.71. The molecule has 1 rings (SSSR count). The van der Waals surface area contributed by atoms with Gasteiger partial charge in [0.25, 0.3) is 0 Å². The zero-order valence-electron chi connectivity index (χ0n) is 9.90. The number of likely N-dealkylation sites (tertiary alicyclic amines) is 1. The van der Waals surface area contributed by atoms with Gasteiger partial charge >= 0.3 is 0 Å². The molecule has 1 fully saturated rings. The van der Waals surface area contributed by atoms with E-state index in [1.165, 1.54) is 6.92 Å². The summed E-state index contributed by atoms with van der Waals surface area (Å²) in [5.74, 6) is 0.0241. The van der Waals surface area contributed by atoms with Gasteiger partial charge in [-0.3, -0.25) is 9.59 Å². The number of nitrogens with zero attached hydrogens (tertiary/aromatic N) is 1. The van der Waals surface area contributed by atoms with Gasteiger partial charge in [0.15, 0.2) is 0 Å². The van der Waals surface area contributed by atoms with E-state index in [-0.39, 0.29) is 18.4 Å². The van der Waals surface area contributed by atoms with Crippen molar-refractivity contribution in [2.24, 2.45) is 5.92 Å². The lowest BCUT2D eigenvalue weighted by molar-refractivity contribution is -0.138. The SMILES string of the molecule is CC(=O)NC(CO)C(=O)N1CCCC(C)C1. The van der Waals surface area contributed by atoms with Gasteiger partial charge in [0.1, 0.15) is 6.04 Å². The molecule has 0 aliphatic carbocycles. The van der Waals surface area contributed by atoms with Gasteiger partial charge in [0, 0.05) is 20.0 Å². The first-order chi connectivity index (χ1) is 7.54. The van der Waals surface area contributed by atoms with Crippen LogP contribution in [0.3, 0.4) is 0 Å². The first-order valence-electron chi connectivity index (χ1n) is 5.71. The zero-order valence-corrected chi connectivity index (χ0v) is 9.90. The van der Waals surface area contributed by atoms with Gasteiger partial charge in [-0.25, -0.2) is 0 Å². The molecule has 2 amide bonds. The quantitative estimate of drug-likeness (QED) is 0.699. The highest BCUT2D eigenvalue weighted by Crippen LogP contribution is 2.16. The maximum absolute atomic E-state index is 12.0. The fraction of sp³-hybridized carbons (Fsp3) is 0.818. The van der Waals surface area contributed by atoms with Gasteiger partial charge in [-0.2, -0.15) is 0 Å². The van der Waals surface area contributed by atoms with E-state index in [4.69, 9.17) is 5.11 Å². The molecule has 0 bridgehead atoms. The minimum absolute atomic E-state index is 0.177. The maximum atomic E-state index is 12.0. The van der Waals surface area contributed by atoms with Crippen molar-refractivity contribution in [2.75, 3.05) is 19.7 Å². The highest BCUT2D eigenvalue weighted by Gasteiger charge is 2.27. The standard InChI is InChI=1S/C11H20N2O3/c1-8-4-3-5-13(6-8)11(16)10(7-14)12-9(2)15/h8,10,14H,3-7H2,1-2H3,(H,12,15). The molecule has 1 saturated heterocycles. The Balaban J connectivity index is 2.56. The number of rotatable bonds is 3. The lowest BCUT2D eigenvalue weighted by Gasteiger charge is -2.33. The monoisotopic (exact) mass is 228 g/mol. The first kappa shape index (κ1) is 13.0. The van der Waals surface area contributed by atoms with Crippen molar-refractivity contribution < 1.29 is 14.7 Å². The fourth-order valence-corrected chi connectivity index (χ4v) is 2.04.